The SMILES string of the molecule is CC(C)(C)C(NC(=O)OCC1c2ccccc2-c2ccccc21)C(=O)NCc1cc(C(=O)O)no1. The summed E-state index contributed by atoms with van der Waals surface area (Å²) in [5.41, 5.74) is 3.57. The predicted octanol–water partition coefficient (Wildman–Crippen LogP) is 3.94. The van der Waals surface area contributed by atoms with Crippen LogP contribution in [0.5, 0.6) is 0 Å². The predicted molar refractivity (Wildman–Crippen MR) is 127 cm³/mol. The summed E-state index contributed by atoms with van der Waals surface area (Å²) in [5.74, 6) is -1.59. The number of aromatic nitrogens is 1. The van der Waals surface area contributed by atoms with Crippen LogP contribution >= 0.6 is 0 Å². The molecule has 182 valence electrons. The highest BCUT2D eigenvalue weighted by molar-refractivity contribution is 5.87. The number of carboxylic acids is 1. The molecule has 35 heavy (non-hydrogen) atoms. The lowest BCUT2D eigenvalue weighted by Crippen LogP contribution is -2.53. The first kappa shape index (κ1) is 24.0. The molecule has 0 saturated heterocycles. The number of hydrogen-bond acceptors (Lipinski definition) is 6. The van der Waals surface area contributed by atoms with Crippen molar-refractivity contribution >= 4 is 18.0 Å². The first-order chi connectivity index (χ1) is 16.6. The highest BCUT2D eigenvalue weighted by Crippen LogP contribution is 2.44. The maximum atomic E-state index is 12.9. The Balaban J connectivity index is 1.39. The zero-order chi connectivity index (χ0) is 25.2. The molecule has 0 bridgehead atoms. The van der Waals surface area contributed by atoms with E-state index in [2.05, 4.69) is 27.9 Å². The molecule has 1 atom stereocenters. The monoisotopic (exact) mass is 477 g/mol. The normalized spacial score (nSPS) is 13.5. The highest BCUT2D eigenvalue weighted by atomic mass is 16.5. The Morgan fingerprint density at radius 2 is 1.66 bits per heavy atom. The van der Waals surface area contributed by atoms with E-state index in [9.17, 15) is 14.4 Å². The molecule has 1 unspecified atom stereocenters. The van der Waals surface area contributed by atoms with Gasteiger partial charge in [0.05, 0.1) is 6.54 Å². The first-order valence-corrected chi connectivity index (χ1v) is 11.2. The van der Waals surface area contributed by atoms with Gasteiger partial charge in [0.15, 0.2) is 11.5 Å². The second-order valence-electron chi connectivity index (χ2n) is 9.47. The minimum absolute atomic E-state index is 0.0714. The number of hydrogen-bond donors (Lipinski definition) is 3. The number of carbonyl (C=O) groups is 3. The van der Waals surface area contributed by atoms with Gasteiger partial charge in [-0.25, -0.2) is 9.59 Å². The summed E-state index contributed by atoms with van der Waals surface area (Å²) in [5, 5.41) is 17.7. The number of benzene rings is 2. The van der Waals surface area contributed by atoms with Crippen LogP contribution in [-0.4, -0.2) is 40.9 Å². The van der Waals surface area contributed by atoms with E-state index in [0.29, 0.717) is 0 Å². The molecule has 9 nitrogen and oxygen atoms in total. The van der Waals surface area contributed by atoms with E-state index in [1.54, 1.807) is 0 Å². The maximum Gasteiger partial charge on any atom is 0.407 e. The van der Waals surface area contributed by atoms with Gasteiger partial charge in [0.2, 0.25) is 5.91 Å². The van der Waals surface area contributed by atoms with Crippen molar-refractivity contribution in [2.75, 3.05) is 6.61 Å². The molecular weight excluding hydrogens is 450 g/mol. The average Bonchev–Trinajstić information content (AvgIpc) is 3.42. The Kier molecular flexibility index (Phi) is 6.59. The number of ether oxygens (including phenoxy) is 1. The van der Waals surface area contributed by atoms with Gasteiger partial charge in [-0.05, 0) is 27.7 Å². The molecule has 2 amide bonds. The molecule has 0 spiro atoms. The fourth-order valence-electron chi connectivity index (χ4n) is 4.21. The molecule has 3 N–H and O–H groups in total. The molecule has 4 rings (SSSR count). The Morgan fingerprint density at radius 1 is 1.06 bits per heavy atom. The molecule has 2 aromatic carbocycles. The smallest absolute Gasteiger partial charge is 0.407 e. The van der Waals surface area contributed by atoms with E-state index >= 15 is 0 Å². The van der Waals surface area contributed by atoms with Crippen molar-refractivity contribution in [3.8, 4) is 11.1 Å². The Bertz CT molecular complexity index is 1210. The zero-order valence-corrected chi connectivity index (χ0v) is 19.7. The molecule has 0 saturated carbocycles. The van der Waals surface area contributed by atoms with E-state index in [1.807, 2.05) is 57.2 Å². The topological polar surface area (TPSA) is 131 Å². The third-order valence-electron chi connectivity index (χ3n) is 5.95. The molecule has 1 heterocycles. The lowest BCUT2D eigenvalue weighted by molar-refractivity contribution is -0.125. The number of carboxylic acid groups (broad SMARTS) is 1. The van der Waals surface area contributed by atoms with Crippen LogP contribution in [-0.2, 0) is 16.1 Å². The summed E-state index contributed by atoms with van der Waals surface area (Å²) in [6, 6.07) is 16.4. The van der Waals surface area contributed by atoms with E-state index in [-0.39, 0.29) is 30.5 Å². The summed E-state index contributed by atoms with van der Waals surface area (Å²) in [4.78, 5) is 36.5. The van der Waals surface area contributed by atoms with Crippen LogP contribution in [0.25, 0.3) is 11.1 Å². The van der Waals surface area contributed by atoms with Crippen molar-refractivity contribution < 1.29 is 28.8 Å². The quantitative estimate of drug-likeness (QED) is 0.470. The van der Waals surface area contributed by atoms with Gasteiger partial charge in [0.1, 0.15) is 12.6 Å². The molecule has 0 aliphatic heterocycles. The summed E-state index contributed by atoms with van der Waals surface area (Å²) < 4.78 is 10.5. The molecule has 0 radical (unpaired) electrons. The van der Waals surface area contributed by atoms with Gasteiger partial charge in [-0.1, -0.05) is 74.5 Å². The van der Waals surface area contributed by atoms with Gasteiger partial charge in [0, 0.05) is 12.0 Å². The maximum absolute atomic E-state index is 12.9. The van der Waals surface area contributed by atoms with Gasteiger partial charge < -0.3 is 25.0 Å². The lowest BCUT2D eigenvalue weighted by Gasteiger charge is -2.30. The zero-order valence-electron chi connectivity index (χ0n) is 19.7. The number of fused-ring (bicyclic) bond motifs is 3. The van der Waals surface area contributed by atoms with Gasteiger partial charge in [-0.3, -0.25) is 4.79 Å². The van der Waals surface area contributed by atoms with E-state index in [4.69, 9.17) is 14.4 Å². The number of aromatic carboxylic acids is 1. The van der Waals surface area contributed by atoms with Gasteiger partial charge in [0.25, 0.3) is 0 Å². The molecule has 1 aromatic heterocycles. The van der Waals surface area contributed by atoms with Crippen LogP contribution in [0.3, 0.4) is 0 Å². The van der Waals surface area contributed by atoms with Crippen molar-refractivity contribution in [3.05, 3.63) is 77.2 Å². The summed E-state index contributed by atoms with van der Waals surface area (Å²) in [6.45, 7) is 5.51. The van der Waals surface area contributed by atoms with Crippen LogP contribution in [0.15, 0.2) is 59.1 Å². The van der Waals surface area contributed by atoms with Crippen LogP contribution in [0.1, 0.15) is 54.1 Å². The van der Waals surface area contributed by atoms with Crippen molar-refractivity contribution in [3.63, 3.8) is 0 Å². The van der Waals surface area contributed by atoms with Crippen molar-refractivity contribution in [1.29, 1.82) is 0 Å². The fraction of sp³-hybridized carbons (Fsp3) is 0.308. The second-order valence-corrected chi connectivity index (χ2v) is 9.47. The molecule has 0 fully saturated rings. The van der Waals surface area contributed by atoms with Crippen LogP contribution in [0.2, 0.25) is 0 Å². The van der Waals surface area contributed by atoms with Crippen LogP contribution < -0.4 is 10.6 Å². The van der Waals surface area contributed by atoms with Crippen molar-refractivity contribution in [2.45, 2.75) is 39.3 Å². The summed E-state index contributed by atoms with van der Waals surface area (Å²) in [6.07, 6.45) is -0.699. The van der Waals surface area contributed by atoms with Gasteiger partial charge >= 0.3 is 12.1 Å². The highest BCUT2D eigenvalue weighted by Gasteiger charge is 2.34. The summed E-state index contributed by atoms with van der Waals surface area (Å²) >= 11 is 0. The van der Waals surface area contributed by atoms with Gasteiger partial charge in [-0.15, -0.1) is 0 Å². The molecule has 1 aliphatic rings. The van der Waals surface area contributed by atoms with E-state index < -0.39 is 29.4 Å². The minimum atomic E-state index is -1.23. The number of alkyl carbamates (subject to hydrolysis) is 1. The molecular formula is C26H27N3O6. The number of amides is 2. The Hall–Kier alpha value is -4.14. The third-order valence-corrected chi connectivity index (χ3v) is 5.95. The van der Waals surface area contributed by atoms with E-state index in [0.717, 1.165) is 22.3 Å². The second kappa shape index (κ2) is 9.61. The van der Waals surface area contributed by atoms with Crippen molar-refractivity contribution in [1.82, 2.24) is 15.8 Å². The third kappa shape index (κ3) is 5.18. The molecule has 3 aromatic rings. The van der Waals surface area contributed by atoms with E-state index in [1.165, 1.54) is 6.07 Å². The standard InChI is InChI=1S/C26H27N3O6/c1-26(2,3)22(23(30)27-13-15-12-21(24(31)32)29-35-15)28-25(33)34-14-20-18-10-6-4-8-16(18)17-9-5-7-11-19(17)20/h4-12,20,22H,13-14H2,1-3H3,(H,27,30)(H,28,33)(H,31,32). The van der Waals surface area contributed by atoms with Crippen molar-refractivity contribution in [2.24, 2.45) is 5.41 Å². The lowest BCUT2D eigenvalue weighted by atomic mass is 9.86. The van der Waals surface area contributed by atoms with Crippen LogP contribution in [0, 0.1) is 5.41 Å². The average molecular weight is 478 g/mol. The largest absolute Gasteiger partial charge is 0.476 e. The number of nitrogens with one attached hydrogen (secondary N) is 2. The number of nitrogens with zero attached hydrogens (tertiary/aromatic N) is 1. The Morgan fingerprint density at radius 3 is 2.20 bits per heavy atom. The fourth-order valence-corrected chi connectivity index (χ4v) is 4.21. The Labute approximate surface area is 202 Å². The van der Waals surface area contributed by atoms with Gasteiger partial charge in [-0.2, -0.15) is 0 Å². The summed E-state index contributed by atoms with van der Waals surface area (Å²) in [7, 11) is 0. The number of rotatable bonds is 7. The molecule has 9 heteroatoms. The minimum Gasteiger partial charge on any atom is -0.476 e. The molecule has 1 aliphatic carbocycles. The van der Waals surface area contributed by atoms with Crippen LogP contribution in [0.4, 0.5) is 4.79 Å². The number of carbonyl (C=O) groups excluding carboxylic acids is 2. The first-order valence-electron chi connectivity index (χ1n) is 11.2.